The summed E-state index contributed by atoms with van der Waals surface area (Å²) in [6.07, 6.45) is 8.38. The molecular weight excluding hydrogens is 304 g/mol. The molecule has 2 aliphatic rings. The molecule has 0 spiro atoms. The van der Waals surface area contributed by atoms with Gasteiger partial charge in [0, 0.05) is 12.1 Å². The number of nitrogens with one attached hydrogen (secondary N) is 1. The van der Waals surface area contributed by atoms with Crippen molar-refractivity contribution in [2.45, 2.75) is 70.1 Å². The first-order valence-electron chi connectivity index (χ1n) is 9.36. The number of rotatable bonds is 6. The van der Waals surface area contributed by atoms with Crippen LogP contribution < -0.4 is 5.32 Å². The van der Waals surface area contributed by atoms with E-state index in [0.717, 1.165) is 38.1 Å². The molecule has 1 aromatic heterocycles. The summed E-state index contributed by atoms with van der Waals surface area (Å²) in [7, 11) is 0. The summed E-state index contributed by atoms with van der Waals surface area (Å²) in [4.78, 5) is 14.6. The zero-order chi connectivity index (χ0) is 16.9. The van der Waals surface area contributed by atoms with Gasteiger partial charge in [-0.15, -0.1) is 0 Å². The smallest absolute Gasteiger partial charge is 0.234 e. The van der Waals surface area contributed by atoms with Crippen molar-refractivity contribution in [3.8, 4) is 0 Å². The Morgan fingerprint density at radius 3 is 2.88 bits per heavy atom. The lowest BCUT2D eigenvalue weighted by Gasteiger charge is -2.29. The quantitative estimate of drug-likeness (QED) is 0.839. The monoisotopic (exact) mass is 334 g/mol. The first kappa shape index (κ1) is 17.5. The fraction of sp³-hybridized carbons (Fsp3) is 0.737. The third kappa shape index (κ3) is 4.61. The molecule has 1 amide bonds. The van der Waals surface area contributed by atoms with Crippen molar-refractivity contribution in [1.29, 1.82) is 0 Å². The molecule has 0 aromatic carbocycles. The van der Waals surface area contributed by atoms with Crippen LogP contribution in [0, 0.1) is 5.92 Å². The Morgan fingerprint density at radius 1 is 1.38 bits per heavy atom. The summed E-state index contributed by atoms with van der Waals surface area (Å²) in [5.41, 5.74) is 0. The second kappa shape index (κ2) is 8.17. The van der Waals surface area contributed by atoms with E-state index in [2.05, 4.69) is 17.1 Å². The summed E-state index contributed by atoms with van der Waals surface area (Å²) in [5.74, 6) is 1.54. The van der Waals surface area contributed by atoms with Gasteiger partial charge in [-0.3, -0.25) is 9.69 Å². The second-order valence-corrected chi connectivity index (χ2v) is 7.56. The van der Waals surface area contributed by atoms with E-state index in [1.165, 1.54) is 12.8 Å². The van der Waals surface area contributed by atoms with Crippen LogP contribution in [0.15, 0.2) is 22.8 Å². The number of amides is 1. The Morgan fingerprint density at radius 2 is 2.17 bits per heavy atom. The first-order chi connectivity index (χ1) is 11.6. The number of carbonyl (C=O) groups excluding carboxylic acids is 1. The van der Waals surface area contributed by atoms with Crippen molar-refractivity contribution >= 4 is 5.91 Å². The molecular formula is C19H30N2O3. The molecule has 2 fully saturated rings. The number of nitrogens with zero attached hydrogens (tertiary/aromatic N) is 1. The van der Waals surface area contributed by atoms with Gasteiger partial charge in [0.1, 0.15) is 11.9 Å². The zero-order valence-corrected chi connectivity index (χ0v) is 14.6. The Labute approximate surface area is 144 Å². The second-order valence-electron chi connectivity index (χ2n) is 7.56. The highest BCUT2D eigenvalue weighted by atomic mass is 16.4. The molecule has 5 heteroatoms. The molecule has 3 rings (SSSR count). The molecule has 1 saturated carbocycles. The van der Waals surface area contributed by atoms with Gasteiger partial charge in [0.15, 0.2) is 0 Å². The first-order valence-corrected chi connectivity index (χ1v) is 9.36. The molecule has 2 heterocycles. The standard InChI is InChI=1S/C19H30N2O3/c1-14-6-8-15(9-7-14)20-19(23)13-21-10-2-4-16(21)12-17(22)18-5-3-11-24-18/h3,5,11,14-17,22H,2,4,6-10,12-13H2,1H3,(H,20,23). The number of hydrogen-bond donors (Lipinski definition) is 2. The van der Waals surface area contributed by atoms with Crippen molar-refractivity contribution in [3.63, 3.8) is 0 Å². The Bertz CT molecular complexity index is 509. The molecule has 0 bridgehead atoms. The summed E-state index contributed by atoms with van der Waals surface area (Å²) in [6, 6.07) is 4.20. The minimum Gasteiger partial charge on any atom is -0.467 e. The van der Waals surface area contributed by atoms with Gasteiger partial charge in [0.25, 0.3) is 0 Å². The maximum atomic E-state index is 12.4. The average Bonchev–Trinajstić information content (AvgIpc) is 3.22. The number of aliphatic hydroxyl groups excluding tert-OH is 1. The van der Waals surface area contributed by atoms with E-state index in [-0.39, 0.29) is 11.9 Å². The van der Waals surface area contributed by atoms with E-state index < -0.39 is 6.10 Å². The van der Waals surface area contributed by atoms with Crippen LogP contribution in [0.4, 0.5) is 0 Å². The predicted molar refractivity (Wildman–Crippen MR) is 92.4 cm³/mol. The van der Waals surface area contributed by atoms with Crippen LogP contribution in [-0.2, 0) is 4.79 Å². The molecule has 1 aliphatic carbocycles. The van der Waals surface area contributed by atoms with Gasteiger partial charge < -0.3 is 14.8 Å². The van der Waals surface area contributed by atoms with Crippen LogP contribution in [0.25, 0.3) is 0 Å². The van der Waals surface area contributed by atoms with Gasteiger partial charge in [0.2, 0.25) is 5.91 Å². The highest BCUT2D eigenvalue weighted by Crippen LogP contribution is 2.27. The molecule has 5 nitrogen and oxygen atoms in total. The summed E-state index contributed by atoms with van der Waals surface area (Å²) in [5, 5.41) is 13.5. The number of hydrogen-bond acceptors (Lipinski definition) is 4. The maximum Gasteiger partial charge on any atom is 0.234 e. The highest BCUT2D eigenvalue weighted by molar-refractivity contribution is 5.78. The molecule has 2 N–H and O–H groups in total. The lowest BCUT2D eigenvalue weighted by molar-refractivity contribution is -0.123. The minimum absolute atomic E-state index is 0.133. The van der Waals surface area contributed by atoms with Crippen LogP contribution in [0.2, 0.25) is 0 Å². The molecule has 1 aromatic rings. The Balaban J connectivity index is 1.46. The van der Waals surface area contributed by atoms with Crippen molar-refractivity contribution in [2.75, 3.05) is 13.1 Å². The van der Waals surface area contributed by atoms with Crippen molar-refractivity contribution in [3.05, 3.63) is 24.2 Å². The van der Waals surface area contributed by atoms with Gasteiger partial charge in [-0.05, 0) is 69.5 Å². The summed E-state index contributed by atoms with van der Waals surface area (Å²) >= 11 is 0. The van der Waals surface area contributed by atoms with Crippen LogP contribution in [0.5, 0.6) is 0 Å². The van der Waals surface area contributed by atoms with Crippen molar-refractivity contribution in [2.24, 2.45) is 5.92 Å². The lowest BCUT2D eigenvalue weighted by Crippen LogP contribution is -2.44. The van der Waals surface area contributed by atoms with Crippen LogP contribution in [0.3, 0.4) is 0 Å². The molecule has 2 atom stereocenters. The van der Waals surface area contributed by atoms with E-state index in [1.54, 1.807) is 18.4 Å². The number of likely N-dealkylation sites (tertiary alicyclic amines) is 1. The molecule has 1 saturated heterocycles. The van der Waals surface area contributed by atoms with Crippen LogP contribution >= 0.6 is 0 Å². The predicted octanol–water partition coefficient (Wildman–Crippen LogP) is 2.86. The summed E-state index contributed by atoms with van der Waals surface area (Å²) < 4.78 is 5.28. The van der Waals surface area contributed by atoms with Crippen molar-refractivity contribution in [1.82, 2.24) is 10.2 Å². The van der Waals surface area contributed by atoms with Crippen molar-refractivity contribution < 1.29 is 14.3 Å². The van der Waals surface area contributed by atoms with E-state index in [0.29, 0.717) is 24.8 Å². The van der Waals surface area contributed by atoms with Gasteiger partial charge in [-0.25, -0.2) is 0 Å². The Kier molecular flexibility index (Phi) is 5.95. The van der Waals surface area contributed by atoms with Crippen LogP contribution in [0.1, 0.15) is 63.7 Å². The minimum atomic E-state index is -0.589. The van der Waals surface area contributed by atoms with Gasteiger partial charge in [-0.2, -0.15) is 0 Å². The van der Waals surface area contributed by atoms with Crippen LogP contribution in [-0.4, -0.2) is 41.1 Å². The van der Waals surface area contributed by atoms with E-state index in [9.17, 15) is 9.90 Å². The average molecular weight is 334 g/mol. The Hall–Kier alpha value is -1.33. The molecule has 24 heavy (non-hydrogen) atoms. The van der Waals surface area contributed by atoms with Gasteiger partial charge >= 0.3 is 0 Å². The lowest BCUT2D eigenvalue weighted by atomic mass is 9.87. The number of carbonyl (C=O) groups is 1. The van der Waals surface area contributed by atoms with Gasteiger partial charge in [0.05, 0.1) is 12.8 Å². The highest BCUT2D eigenvalue weighted by Gasteiger charge is 2.30. The number of aliphatic hydroxyl groups is 1. The van der Waals surface area contributed by atoms with E-state index in [1.807, 2.05) is 0 Å². The summed E-state index contributed by atoms with van der Waals surface area (Å²) in [6.45, 7) is 3.67. The largest absolute Gasteiger partial charge is 0.467 e. The third-order valence-corrected chi connectivity index (χ3v) is 5.59. The molecule has 2 unspecified atom stereocenters. The zero-order valence-electron chi connectivity index (χ0n) is 14.6. The van der Waals surface area contributed by atoms with E-state index in [4.69, 9.17) is 4.42 Å². The van der Waals surface area contributed by atoms with E-state index >= 15 is 0 Å². The fourth-order valence-electron chi connectivity index (χ4n) is 4.09. The van der Waals surface area contributed by atoms with Gasteiger partial charge in [-0.1, -0.05) is 6.92 Å². The maximum absolute atomic E-state index is 12.4. The third-order valence-electron chi connectivity index (χ3n) is 5.59. The fourth-order valence-corrected chi connectivity index (χ4v) is 4.09. The topological polar surface area (TPSA) is 65.7 Å². The molecule has 1 aliphatic heterocycles. The molecule has 0 radical (unpaired) electrons. The SMILES string of the molecule is CC1CCC(NC(=O)CN2CCCC2CC(O)c2ccco2)CC1. The molecule has 134 valence electrons. The number of furan rings is 1. The normalized spacial score (nSPS) is 29.5.